The fourth-order valence-corrected chi connectivity index (χ4v) is 3.15. The molecule has 0 aliphatic heterocycles. The Morgan fingerprint density at radius 2 is 0.944 bits per heavy atom. The Kier molecular flexibility index (Phi) is 16.0. The van der Waals surface area contributed by atoms with Crippen molar-refractivity contribution in [3.63, 3.8) is 0 Å². The molecular weight excluding hydrogens is 460 g/mol. The lowest BCUT2D eigenvalue weighted by Gasteiger charge is -2.28. The Hall–Kier alpha value is -2.06. The molecule has 0 saturated carbocycles. The minimum atomic E-state index is -0.750. The second-order valence-corrected chi connectivity index (χ2v) is 12.3. The normalized spacial score (nSPS) is 15.1. The standard InChI is InChI=1S/2C14H27NO3/c2*1-9(2)8-11(12(16)10(3)4)15-13(17)18-14(5,6)7/h2*9,11-12,16H,3,8H2,1-2,4-7H3,(H,15,17)/t11-,12+;11-,12-/m00/s1. The fourth-order valence-electron chi connectivity index (χ4n) is 3.15. The number of alkyl carbamates (subject to hydrolysis) is 2. The molecule has 8 nitrogen and oxygen atoms in total. The molecule has 0 radical (unpaired) electrons. The van der Waals surface area contributed by atoms with Gasteiger partial charge in [0.1, 0.15) is 11.2 Å². The summed E-state index contributed by atoms with van der Waals surface area (Å²) in [6, 6.07) is -0.727. The molecule has 0 aromatic carbocycles. The lowest BCUT2D eigenvalue weighted by Crippen LogP contribution is -2.46. The molecule has 212 valence electrons. The third-order valence-electron chi connectivity index (χ3n) is 4.63. The topological polar surface area (TPSA) is 117 Å². The van der Waals surface area contributed by atoms with E-state index in [2.05, 4.69) is 23.8 Å². The highest BCUT2D eigenvalue weighted by Gasteiger charge is 2.26. The van der Waals surface area contributed by atoms with Crippen LogP contribution >= 0.6 is 0 Å². The summed E-state index contributed by atoms with van der Waals surface area (Å²) in [6.45, 7) is 29.9. The summed E-state index contributed by atoms with van der Waals surface area (Å²) in [6.07, 6.45) is -1.16. The first-order valence-corrected chi connectivity index (χ1v) is 12.7. The second-order valence-electron chi connectivity index (χ2n) is 12.3. The molecule has 0 aliphatic rings. The van der Waals surface area contributed by atoms with Crippen molar-refractivity contribution in [3.8, 4) is 0 Å². The van der Waals surface area contributed by atoms with Crippen molar-refractivity contribution in [2.45, 2.75) is 131 Å². The maximum Gasteiger partial charge on any atom is 0.407 e. The summed E-state index contributed by atoms with van der Waals surface area (Å²) >= 11 is 0. The zero-order valence-corrected chi connectivity index (χ0v) is 24.8. The average Bonchev–Trinajstić information content (AvgIpc) is 2.62. The van der Waals surface area contributed by atoms with E-state index in [0.29, 0.717) is 35.8 Å². The highest BCUT2D eigenvalue weighted by atomic mass is 16.6. The Bertz CT molecular complexity index is 644. The molecule has 0 unspecified atom stereocenters. The molecule has 0 aliphatic carbocycles. The van der Waals surface area contributed by atoms with Crippen LogP contribution in [0.25, 0.3) is 0 Å². The van der Waals surface area contributed by atoms with Crippen LogP contribution in [0.4, 0.5) is 9.59 Å². The zero-order valence-electron chi connectivity index (χ0n) is 24.8. The number of carbonyl (C=O) groups is 2. The van der Waals surface area contributed by atoms with Crippen LogP contribution in [-0.4, -0.2) is 57.9 Å². The van der Waals surface area contributed by atoms with Gasteiger partial charge < -0.3 is 30.3 Å². The van der Waals surface area contributed by atoms with Crippen molar-refractivity contribution in [3.05, 3.63) is 24.3 Å². The maximum absolute atomic E-state index is 11.7. The largest absolute Gasteiger partial charge is 0.444 e. The number of carbonyl (C=O) groups excluding carboxylic acids is 2. The number of hydrogen-bond donors (Lipinski definition) is 4. The Morgan fingerprint density at radius 1 is 0.694 bits per heavy atom. The van der Waals surface area contributed by atoms with Gasteiger partial charge in [0.15, 0.2) is 0 Å². The smallest absolute Gasteiger partial charge is 0.407 e. The molecule has 2 amide bonds. The monoisotopic (exact) mass is 514 g/mol. The molecule has 0 heterocycles. The van der Waals surface area contributed by atoms with Gasteiger partial charge in [-0.25, -0.2) is 9.59 Å². The van der Waals surface area contributed by atoms with Gasteiger partial charge in [-0.15, -0.1) is 0 Å². The van der Waals surface area contributed by atoms with Crippen molar-refractivity contribution < 1.29 is 29.3 Å². The Morgan fingerprint density at radius 3 is 1.11 bits per heavy atom. The van der Waals surface area contributed by atoms with E-state index >= 15 is 0 Å². The van der Waals surface area contributed by atoms with Crippen molar-refractivity contribution in [1.82, 2.24) is 10.6 Å². The number of rotatable bonds is 10. The van der Waals surface area contributed by atoms with Crippen LogP contribution in [0.2, 0.25) is 0 Å². The van der Waals surface area contributed by atoms with Crippen LogP contribution < -0.4 is 10.6 Å². The van der Waals surface area contributed by atoms with E-state index in [1.165, 1.54) is 0 Å². The van der Waals surface area contributed by atoms with Gasteiger partial charge in [0.25, 0.3) is 0 Å². The second kappa shape index (κ2) is 15.9. The molecule has 4 atom stereocenters. The van der Waals surface area contributed by atoms with Crippen LogP contribution in [0.15, 0.2) is 24.3 Å². The molecule has 0 saturated heterocycles. The van der Waals surface area contributed by atoms with Crippen molar-refractivity contribution >= 4 is 12.2 Å². The van der Waals surface area contributed by atoms with Crippen molar-refractivity contribution in [2.24, 2.45) is 11.8 Å². The fraction of sp³-hybridized carbons (Fsp3) is 0.786. The maximum atomic E-state index is 11.7. The third-order valence-corrected chi connectivity index (χ3v) is 4.63. The minimum absolute atomic E-state index is 0.360. The molecular formula is C28H54N2O6. The minimum Gasteiger partial charge on any atom is -0.444 e. The van der Waals surface area contributed by atoms with E-state index in [0.717, 1.165) is 0 Å². The first-order chi connectivity index (χ1) is 16.1. The molecule has 36 heavy (non-hydrogen) atoms. The van der Waals surface area contributed by atoms with E-state index in [1.807, 2.05) is 27.7 Å². The lowest BCUT2D eigenvalue weighted by molar-refractivity contribution is 0.0426. The zero-order chi connectivity index (χ0) is 29.0. The van der Waals surface area contributed by atoms with Gasteiger partial charge in [0, 0.05) is 0 Å². The molecule has 0 bridgehead atoms. The molecule has 4 N–H and O–H groups in total. The summed E-state index contributed by atoms with van der Waals surface area (Å²) in [5.74, 6) is 0.720. The van der Waals surface area contributed by atoms with Gasteiger partial charge >= 0.3 is 12.2 Å². The third kappa shape index (κ3) is 19.2. The van der Waals surface area contributed by atoms with Gasteiger partial charge in [-0.1, -0.05) is 52.0 Å². The van der Waals surface area contributed by atoms with Gasteiger partial charge in [-0.2, -0.15) is 0 Å². The van der Waals surface area contributed by atoms with E-state index in [9.17, 15) is 19.8 Å². The summed E-state index contributed by atoms with van der Waals surface area (Å²) in [7, 11) is 0. The summed E-state index contributed by atoms with van der Waals surface area (Å²) in [5.41, 5.74) is 0.190. The van der Waals surface area contributed by atoms with Crippen LogP contribution in [-0.2, 0) is 9.47 Å². The number of nitrogens with one attached hydrogen (secondary N) is 2. The summed E-state index contributed by atoms with van der Waals surface area (Å²) < 4.78 is 10.4. The van der Waals surface area contributed by atoms with E-state index in [-0.39, 0.29) is 12.1 Å². The van der Waals surface area contributed by atoms with Gasteiger partial charge in [-0.3, -0.25) is 0 Å². The summed E-state index contributed by atoms with van der Waals surface area (Å²) in [5, 5.41) is 25.5. The first kappa shape index (κ1) is 36.1. The average molecular weight is 515 g/mol. The molecule has 0 aromatic rings. The quantitative estimate of drug-likeness (QED) is 0.277. The van der Waals surface area contributed by atoms with Crippen molar-refractivity contribution in [1.29, 1.82) is 0 Å². The predicted octanol–water partition coefficient (Wildman–Crippen LogP) is 5.73. The van der Waals surface area contributed by atoms with Gasteiger partial charge in [-0.05, 0) is 80.1 Å². The molecule has 0 rings (SSSR count). The SMILES string of the molecule is C=C(C)[C@@H](O)[C@H](CC(C)C)NC(=O)OC(C)(C)C.C=C(C)[C@H](O)[C@H](CC(C)C)NC(=O)OC(C)(C)C. The van der Waals surface area contributed by atoms with Crippen LogP contribution in [0.3, 0.4) is 0 Å². The van der Waals surface area contributed by atoms with E-state index < -0.39 is 35.6 Å². The molecule has 0 aromatic heterocycles. The van der Waals surface area contributed by atoms with Crippen LogP contribution in [0, 0.1) is 11.8 Å². The molecule has 0 fully saturated rings. The predicted molar refractivity (Wildman–Crippen MR) is 147 cm³/mol. The Labute approximate surface area is 219 Å². The number of aliphatic hydroxyl groups excluding tert-OH is 2. The van der Waals surface area contributed by atoms with Crippen molar-refractivity contribution in [2.75, 3.05) is 0 Å². The van der Waals surface area contributed by atoms with E-state index in [1.54, 1.807) is 55.4 Å². The summed E-state index contributed by atoms with van der Waals surface area (Å²) in [4.78, 5) is 23.4. The van der Waals surface area contributed by atoms with Crippen LogP contribution in [0.5, 0.6) is 0 Å². The highest BCUT2D eigenvalue weighted by Crippen LogP contribution is 2.16. The van der Waals surface area contributed by atoms with E-state index in [4.69, 9.17) is 9.47 Å². The number of aliphatic hydroxyl groups is 2. The molecule has 8 heteroatoms. The van der Waals surface area contributed by atoms with Gasteiger partial charge in [0.05, 0.1) is 24.3 Å². The lowest BCUT2D eigenvalue weighted by atomic mass is 9.96. The number of amides is 2. The van der Waals surface area contributed by atoms with Crippen LogP contribution in [0.1, 0.15) is 95.9 Å². The number of hydrogen-bond acceptors (Lipinski definition) is 6. The first-order valence-electron chi connectivity index (χ1n) is 12.7. The molecule has 0 spiro atoms. The number of ether oxygens (including phenoxy) is 2. The van der Waals surface area contributed by atoms with Gasteiger partial charge in [0.2, 0.25) is 0 Å². The Balaban J connectivity index is 0. The highest BCUT2D eigenvalue weighted by molar-refractivity contribution is 5.68.